The third-order valence-electron chi connectivity index (χ3n) is 3.75. The largest absolute Gasteiger partial charge is 0.477 e. The van der Waals surface area contributed by atoms with Crippen LogP contribution in [0.25, 0.3) is 0 Å². The van der Waals surface area contributed by atoms with Crippen molar-refractivity contribution in [3.05, 3.63) is 40.9 Å². The maximum absolute atomic E-state index is 12.6. The van der Waals surface area contributed by atoms with Crippen LogP contribution in [0, 0.1) is 0 Å². The molecule has 0 fully saturated rings. The molecule has 7 nitrogen and oxygen atoms in total. The minimum Gasteiger partial charge on any atom is -0.477 e. The maximum Gasteiger partial charge on any atom is 0.269 e. The number of para-hydroxylation sites is 1. The molecule has 1 unspecified atom stereocenters. The van der Waals surface area contributed by atoms with Gasteiger partial charge in [-0.15, -0.1) is 0 Å². The van der Waals surface area contributed by atoms with E-state index in [0.717, 1.165) is 4.47 Å². The van der Waals surface area contributed by atoms with Gasteiger partial charge < -0.3 is 15.8 Å². The van der Waals surface area contributed by atoms with Crippen molar-refractivity contribution < 1.29 is 14.3 Å². The zero-order chi connectivity index (χ0) is 18.0. The van der Waals surface area contributed by atoms with Gasteiger partial charge in [0.25, 0.3) is 5.91 Å². The molecule has 1 atom stereocenters. The predicted molar refractivity (Wildman–Crippen MR) is 98.5 cm³/mol. The van der Waals surface area contributed by atoms with Gasteiger partial charge in [-0.3, -0.25) is 14.5 Å². The van der Waals surface area contributed by atoms with E-state index in [1.165, 1.54) is 4.90 Å². The van der Waals surface area contributed by atoms with Crippen molar-refractivity contribution in [2.75, 3.05) is 22.5 Å². The minimum absolute atomic E-state index is 0.177. The summed E-state index contributed by atoms with van der Waals surface area (Å²) in [5, 5.41) is 2.78. The summed E-state index contributed by atoms with van der Waals surface area (Å²) in [5.41, 5.74) is 6.35. The molecule has 0 spiro atoms. The summed E-state index contributed by atoms with van der Waals surface area (Å²) >= 11 is 3.37. The summed E-state index contributed by atoms with van der Waals surface area (Å²) in [4.78, 5) is 30.5. The molecule has 8 heteroatoms. The Morgan fingerprint density at radius 3 is 2.84 bits per heavy atom. The molecule has 0 saturated heterocycles. The van der Waals surface area contributed by atoms with Crippen molar-refractivity contribution in [1.82, 2.24) is 4.98 Å². The number of anilines is 3. The zero-order valence-electron chi connectivity index (χ0n) is 13.5. The van der Waals surface area contributed by atoms with Gasteiger partial charge in [0, 0.05) is 4.47 Å². The highest BCUT2D eigenvalue weighted by Gasteiger charge is 2.35. The summed E-state index contributed by atoms with van der Waals surface area (Å²) in [6, 6.07) is 10.5. The number of hydrogen-bond acceptors (Lipinski definition) is 5. The van der Waals surface area contributed by atoms with Crippen LogP contribution in [0.4, 0.5) is 17.3 Å². The Morgan fingerprint density at radius 2 is 2.12 bits per heavy atom. The first-order valence-corrected chi connectivity index (χ1v) is 8.58. The third-order valence-corrected chi connectivity index (χ3v) is 4.44. The molecular formula is C17H17BrN4O3. The first kappa shape index (κ1) is 17.2. The number of nitrogen functional groups attached to an aromatic ring is 1. The smallest absolute Gasteiger partial charge is 0.269 e. The Hall–Kier alpha value is -2.61. The molecule has 1 aliphatic rings. The summed E-state index contributed by atoms with van der Waals surface area (Å²) in [5.74, 6) is 0.301. The lowest BCUT2D eigenvalue weighted by Gasteiger charge is -2.32. The fourth-order valence-electron chi connectivity index (χ4n) is 2.52. The van der Waals surface area contributed by atoms with Crippen LogP contribution < -0.4 is 20.7 Å². The molecule has 0 radical (unpaired) electrons. The quantitative estimate of drug-likeness (QED) is 0.815. The van der Waals surface area contributed by atoms with Crippen molar-refractivity contribution >= 4 is 45.1 Å². The standard InChI is InChI=1S/C17H17BrN4O3/c1-2-12-17(24)22(16-13(25-12)7-8-14(19)21-16)9-15(23)20-11-6-4-3-5-10(11)18/h3-8,12H,2,9H2,1H3,(H2,19,21)(H,20,23). The van der Waals surface area contributed by atoms with Crippen LogP contribution in [0.2, 0.25) is 0 Å². The average molecular weight is 405 g/mol. The van der Waals surface area contributed by atoms with E-state index in [-0.39, 0.29) is 30.0 Å². The Labute approximate surface area is 153 Å². The molecule has 2 amide bonds. The third kappa shape index (κ3) is 3.58. The number of carbonyl (C=O) groups is 2. The Morgan fingerprint density at radius 1 is 1.36 bits per heavy atom. The Kier molecular flexibility index (Phi) is 4.89. The normalized spacial score (nSPS) is 16.2. The fraction of sp³-hybridized carbons (Fsp3) is 0.235. The van der Waals surface area contributed by atoms with Gasteiger partial charge in [0.2, 0.25) is 5.91 Å². The van der Waals surface area contributed by atoms with Gasteiger partial charge in [0.05, 0.1) is 5.69 Å². The molecule has 1 aromatic carbocycles. The second kappa shape index (κ2) is 7.10. The lowest BCUT2D eigenvalue weighted by atomic mass is 10.2. The Balaban J connectivity index is 1.85. The fourth-order valence-corrected chi connectivity index (χ4v) is 2.91. The highest BCUT2D eigenvalue weighted by Crippen LogP contribution is 2.33. The van der Waals surface area contributed by atoms with E-state index in [2.05, 4.69) is 26.2 Å². The summed E-state index contributed by atoms with van der Waals surface area (Å²) < 4.78 is 6.40. The van der Waals surface area contributed by atoms with Gasteiger partial charge in [-0.25, -0.2) is 4.98 Å². The number of aromatic nitrogens is 1. The molecule has 3 rings (SSSR count). The van der Waals surface area contributed by atoms with E-state index in [1.54, 1.807) is 18.2 Å². The van der Waals surface area contributed by atoms with E-state index >= 15 is 0 Å². The van der Waals surface area contributed by atoms with Crippen molar-refractivity contribution in [3.63, 3.8) is 0 Å². The van der Waals surface area contributed by atoms with E-state index in [0.29, 0.717) is 17.9 Å². The topological polar surface area (TPSA) is 97.6 Å². The number of ether oxygens (including phenoxy) is 1. The molecule has 1 aliphatic heterocycles. The molecule has 0 saturated carbocycles. The zero-order valence-corrected chi connectivity index (χ0v) is 15.1. The monoisotopic (exact) mass is 404 g/mol. The molecule has 130 valence electrons. The number of nitrogens with zero attached hydrogens (tertiary/aromatic N) is 2. The van der Waals surface area contributed by atoms with Crippen LogP contribution >= 0.6 is 15.9 Å². The Bertz CT molecular complexity index is 827. The lowest BCUT2D eigenvalue weighted by Crippen LogP contribution is -2.49. The number of benzene rings is 1. The number of carbonyl (C=O) groups excluding carboxylic acids is 2. The van der Waals surface area contributed by atoms with Gasteiger partial charge in [0.15, 0.2) is 17.7 Å². The number of nitrogens with one attached hydrogen (secondary N) is 1. The number of fused-ring (bicyclic) bond motifs is 1. The molecule has 25 heavy (non-hydrogen) atoms. The number of nitrogens with two attached hydrogens (primary N) is 1. The number of rotatable bonds is 4. The second-order valence-electron chi connectivity index (χ2n) is 5.53. The van der Waals surface area contributed by atoms with Crippen LogP contribution in [0.15, 0.2) is 40.9 Å². The molecule has 2 aromatic rings. The van der Waals surface area contributed by atoms with Crippen molar-refractivity contribution in [1.29, 1.82) is 0 Å². The SMILES string of the molecule is CCC1Oc2ccc(N)nc2N(CC(=O)Nc2ccccc2Br)C1=O. The van der Waals surface area contributed by atoms with Crippen LogP contribution in [0.5, 0.6) is 5.75 Å². The highest BCUT2D eigenvalue weighted by atomic mass is 79.9. The van der Waals surface area contributed by atoms with E-state index < -0.39 is 6.10 Å². The number of hydrogen-bond donors (Lipinski definition) is 2. The van der Waals surface area contributed by atoms with Crippen molar-refractivity contribution in [3.8, 4) is 5.75 Å². The number of halogens is 1. The van der Waals surface area contributed by atoms with Crippen LogP contribution in [0.1, 0.15) is 13.3 Å². The summed E-state index contributed by atoms with van der Waals surface area (Å²) in [6.07, 6.45) is -0.153. The van der Waals surface area contributed by atoms with Gasteiger partial charge in [-0.1, -0.05) is 19.1 Å². The average Bonchev–Trinajstić information content (AvgIpc) is 2.59. The second-order valence-corrected chi connectivity index (χ2v) is 6.38. The van der Waals surface area contributed by atoms with Gasteiger partial charge >= 0.3 is 0 Å². The molecule has 0 bridgehead atoms. The molecule has 1 aromatic heterocycles. The van der Waals surface area contributed by atoms with E-state index in [1.807, 2.05) is 25.1 Å². The molecular weight excluding hydrogens is 388 g/mol. The molecule has 0 aliphatic carbocycles. The van der Waals surface area contributed by atoms with Gasteiger partial charge in [-0.05, 0) is 46.6 Å². The molecule has 2 heterocycles. The summed E-state index contributed by atoms with van der Waals surface area (Å²) in [6.45, 7) is 1.67. The van der Waals surface area contributed by atoms with Gasteiger partial charge in [-0.2, -0.15) is 0 Å². The predicted octanol–water partition coefficient (Wildman–Crippen LogP) is 2.57. The van der Waals surface area contributed by atoms with Crippen LogP contribution in [-0.2, 0) is 9.59 Å². The summed E-state index contributed by atoms with van der Waals surface area (Å²) in [7, 11) is 0. The first-order valence-electron chi connectivity index (χ1n) is 7.78. The van der Waals surface area contributed by atoms with E-state index in [4.69, 9.17) is 10.5 Å². The molecule has 3 N–H and O–H groups in total. The van der Waals surface area contributed by atoms with Gasteiger partial charge in [0.1, 0.15) is 12.4 Å². The van der Waals surface area contributed by atoms with Crippen molar-refractivity contribution in [2.24, 2.45) is 0 Å². The first-order chi connectivity index (χ1) is 12.0. The number of amides is 2. The lowest BCUT2D eigenvalue weighted by molar-refractivity contribution is -0.128. The van der Waals surface area contributed by atoms with Crippen LogP contribution in [0.3, 0.4) is 0 Å². The minimum atomic E-state index is -0.644. The highest BCUT2D eigenvalue weighted by molar-refractivity contribution is 9.10. The van der Waals surface area contributed by atoms with Crippen molar-refractivity contribution in [2.45, 2.75) is 19.4 Å². The van der Waals surface area contributed by atoms with E-state index in [9.17, 15) is 9.59 Å². The van der Waals surface area contributed by atoms with Crippen LogP contribution in [-0.4, -0.2) is 29.4 Å². The number of pyridine rings is 1. The maximum atomic E-state index is 12.6.